The molecule has 1 aliphatic carbocycles. The van der Waals surface area contributed by atoms with Gasteiger partial charge in [-0.25, -0.2) is 9.59 Å². The Morgan fingerprint density at radius 2 is 2.05 bits per heavy atom. The van der Waals surface area contributed by atoms with Crippen LogP contribution in [-0.2, 0) is 22.3 Å². The van der Waals surface area contributed by atoms with Crippen molar-refractivity contribution >= 4 is 28.4 Å². The van der Waals surface area contributed by atoms with Crippen molar-refractivity contribution in [2.24, 2.45) is 0 Å². The number of methoxy groups -OCH3 is 1. The molecule has 5 nitrogen and oxygen atoms in total. The van der Waals surface area contributed by atoms with Crippen molar-refractivity contribution in [1.82, 2.24) is 0 Å². The van der Waals surface area contributed by atoms with Gasteiger partial charge in [0.1, 0.15) is 5.00 Å². The molecule has 0 saturated heterocycles. The van der Waals surface area contributed by atoms with Crippen LogP contribution in [-0.4, -0.2) is 25.8 Å². The SMILES string of the molecule is CCOC(=O)Nc1sc2c(c1C(=O)OC)CCCC2. The fraction of sp³-hybridized carbons (Fsp3) is 0.538. The summed E-state index contributed by atoms with van der Waals surface area (Å²) in [6.07, 6.45) is 3.46. The predicted molar refractivity (Wildman–Crippen MR) is 72.9 cm³/mol. The second-order valence-corrected chi connectivity index (χ2v) is 5.36. The lowest BCUT2D eigenvalue weighted by molar-refractivity contribution is 0.0601. The molecule has 1 N–H and O–H groups in total. The van der Waals surface area contributed by atoms with E-state index in [1.807, 2.05) is 0 Å². The van der Waals surface area contributed by atoms with Crippen molar-refractivity contribution < 1.29 is 19.1 Å². The molecule has 6 heteroatoms. The molecule has 0 saturated carbocycles. The summed E-state index contributed by atoms with van der Waals surface area (Å²) in [5.41, 5.74) is 1.52. The summed E-state index contributed by atoms with van der Waals surface area (Å²) in [4.78, 5) is 24.6. The lowest BCUT2D eigenvalue weighted by Crippen LogP contribution is -2.15. The molecular weight excluding hydrogens is 266 g/mol. The van der Waals surface area contributed by atoms with Crippen LogP contribution in [0.5, 0.6) is 0 Å². The van der Waals surface area contributed by atoms with Crippen molar-refractivity contribution in [3.8, 4) is 0 Å². The number of rotatable bonds is 3. The zero-order valence-electron chi connectivity index (χ0n) is 11.1. The zero-order chi connectivity index (χ0) is 13.8. The van der Waals surface area contributed by atoms with E-state index >= 15 is 0 Å². The van der Waals surface area contributed by atoms with Gasteiger partial charge in [0.15, 0.2) is 0 Å². The number of carbonyl (C=O) groups is 2. The van der Waals surface area contributed by atoms with Gasteiger partial charge in [-0.3, -0.25) is 5.32 Å². The van der Waals surface area contributed by atoms with Gasteiger partial charge in [0.25, 0.3) is 0 Å². The van der Waals surface area contributed by atoms with Crippen LogP contribution in [0.25, 0.3) is 0 Å². The van der Waals surface area contributed by atoms with Crippen molar-refractivity contribution in [3.05, 3.63) is 16.0 Å². The molecule has 19 heavy (non-hydrogen) atoms. The molecule has 0 atom stereocenters. The van der Waals surface area contributed by atoms with E-state index in [9.17, 15) is 9.59 Å². The minimum Gasteiger partial charge on any atom is -0.465 e. The first-order valence-electron chi connectivity index (χ1n) is 6.34. The smallest absolute Gasteiger partial charge is 0.412 e. The predicted octanol–water partition coefficient (Wildman–Crippen LogP) is 2.98. The van der Waals surface area contributed by atoms with Crippen LogP contribution < -0.4 is 5.32 Å². The number of anilines is 1. The Morgan fingerprint density at radius 1 is 1.32 bits per heavy atom. The molecule has 1 aromatic heterocycles. The largest absolute Gasteiger partial charge is 0.465 e. The Balaban J connectivity index is 2.33. The third kappa shape index (κ3) is 2.89. The van der Waals surface area contributed by atoms with E-state index in [2.05, 4.69) is 5.32 Å². The summed E-state index contributed by atoms with van der Waals surface area (Å²) in [7, 11) is 1.35. The Labute approximate surface area is 115 Å². The monoisotopic (exact) mass is 283 g/mol. The van der Waals surface area contributed by atoms with Crippen LogP contribution in [0.4, 0.5) is 9.80 Å². The van der Waals surface area contributed by atoms with Crippen molar-refractivity contribution in [3.63, 3.8) is 0 Å². The van der Waals surface area contributed by atoms with Crippen LogP contribution in [0.3, 0.4) is 0 Å². The number of aryl methyl sites for hydroxylation is 1. The van der Waals surface area contributed by atoms with Crippen molar-refractivity contribution in [2.75, 3.05) is 19.0 Å². The molecular formula is C13H17NO4S. The zero-order valence-corrected chi connectivity index (χ0v) is 11.9. The van der Waals surface area contributed by atoms with Gasteiger partial charge in [-0.2, -0.15) is 0 Å². The highest BCUT2D eigenvalue weighted by atomic mass is 32.1. The Morgan fingerprint density at radius 3 is 2.74 bits per heavy atom. The molecule has 1 heterocycles. The average molecular weight is 283 g/mol. The standard InChI is InChI=1S/C13H17NO4S/c1-3-18-13(16)14-11-10(12(15)17-2)8-6-4-5-7-9(8)19-11/h3-7H2,1-2H3,(H,14,16). The molecule has 1 aromatic rings. The highest BCUT2D eigenvalue weighted by Crippen LogP contribution is 2.38. The molecule has 1 amide bonds. The lowest BCUT2D eigenvalue weighted by atomic mass is 9.95. The first-order chi connectivity index (χ1) is 9.17. The second-order valence-electron chi connectivity index (χ2n) is 4.25. The van der Waals surface area contributed by atoms with Crippen LogP contribution >= 0.6 is 11.3 Å². The topological polar surface area (TPSA) is 64.6 Å². The fourth-order valence-electron chi connectivity index (χ4n) is 2.23. The van der Waals surface area contributed by atoms with Crippen molar-refractivity contribution in [2.45, 2.75) is 32.6 Å². The first kappa shape index (κ1) is 13.9. The lowest BCUT2D eigenvalue weighted by Gasteiger charge is -2.11. The maximum atomic E-state index is 11.9. The molecule has 0 unspecified atom stereocenters. The van der Waals surface area contributed by atoms with Crippen LogP contribution in [0.1, 0.15) is 40.6 Å². The van der Waals surface area contributed by atoms with Gasteiger partial charge in [-0.15, -0.1) is 11.3 Å². The van der Waals surface area contributed by atoms with Crippen LogP contribution in [0, 0.1) is 0 Å². The molecule has 0 spiro atoms. The normalized spacial score (nSPS) is 13.6. The number of hydrogen-bond donors (Lipinski definition) is 1. The van der Waals surface area contributed by atoms with E-state index in [-0.39, 0.29) is 0 Å². The van der Waals surface area contributed by atoms with Gasteiger partial charge in [0.2, 0.25) is 0 Å². The fourth-order valence-corrected chi connectivity index (χ4v) is 3.49. The maximum absolute atomic E-state index is 11.9. The molecule has 104 valence electrons. The highest BCUT2D eigenvalue weighted by Gasteiger charge is 2.26. The van der Waals surface area contributed by atoms with E-state index in [0.29, 0.717) is 17.2 Å². The summed E-state index contributed by atoms with van der Waals surface area (Å²) in [6.45, 7) is 2.03. The third-order valence-corrected chi connectivity index (χ3v) is 4.26. The van der Waals surface area contributed by atoms with Gasteiger partial charge in [0.05, 0.1) is 19.3 Å². The molecule has 0 aliphatic heterocycles. The molecule has 1 aliphatic rings. The number of ether oxygens (including phenoxy) is 2. The molecule has 0 bridgehead atoms. The number of nitrogens with one attached hydrogen (secondary N) is 1. The average Bonchev–Trinajstić information content (AvgIpc) is 2.75. The molecule has 2 rings (SSSR count). The summed E-state index contributed by atoms with van der Waals surface area (Å²) in [6, 6.07) is 0. The van der Waals surface area contributed by atoms with Gasteiger partial charge >= 0.3 is 12.1 Å². The Bertz CT molecular complexity index is 495. The summed E-state index contributed by atoms with van der Waals surface area (Å²) in [5, 5.41) is 3.18. The number of esters is 1. The van der Waals surface area contributed by atoms with E-state index in [0.717, 1.165) is 31.2 Å². The van der Waals surface area contributed by atoms with Gasteiger partial charge < -0.3 is 9.47 Å². The number of thiophene rings is 1. The Kier molecular flexibility index (Phi) is 4.42. The number of fused-ring (bicyclic) bond motifs is 1. The van der Waals surface area contributed by atoms with Crippen LogP contribution in [0.15, 0.2) is 0 Å². The second kappa shape index (κ2) is 6.06. The quantitative estimate of drug-likeness (QED) is 0.866. The van der Waals surface area contributed by atoms with Crippen LogP contribution in [0.2, 0.25) is 0 Å². The number of carbonyl (C=O) groups excluding carboxylic acids is 2. The van der Waals surface area contributed by atoms with Gasteiger partial charge in [-0.05, 0) is 38.2 Å². The van der Waals surface area contributed by atoms with Gasteiger partial charge in [0, 0.05) is 4.88 Å². The minimum absolute atomic E-state index is 0.296. The van der Waals surface area contributed by atoms with Crippen molar-refractivity contribution in [1.29, 1.82) is 0 Å². The molecule has 0 aromatic carbocycles. The highest BCUT2D eigenvalue weighted by molar-refractivity contribution is 7.17. The molecule has 0 radical (unpaired) electrons. The van der Waals surface area contributed by atoms with Gasteiger partial charge in [-0.1, -0.05) is 0 Å². The maximum Gasteiger partial charge on any atom is 0.412 e. The van der Waals surface area contributed by atoms with E-state index < -0.39 is 12.1 Å². The third-order valence-electron chi connectivity index (χ3n) is 3.05. The van der Waals surface area contributed by atoms with E-state index in [1.165, 1.54) is 23.3 Å². The number of hydrogen-bond acceptors (Lipinski definition) is 5. The summed E-state index contributed by atoms with van der Waals surface area (Å²) < 4.78 is 9.67. The summed E-state index contributed by atoms with van der Waals surface area (Å²) >= 11 is 1.45. The van der Waals surface area contributed by atoms with E-state index in [4.69, 9.17) is 9.47 Å². The Hall–Kier alpha value is -1.56. The van der Waals surface area contributed by atoms with E-state index in [1.54, 1.807) is 6.92 Å². The minimum atomic E-state index is -0.536. The molecule has 0 fully saturated rings. The summed E-state index contributed by atoms with van der Waals surface area (Å²) in [5.74, 6) is -0.397. The first-order valence-corrected chi connectivity index (χ1v) is 7.15. The number of amides is 1.